The Labute approximate surface area is 114 Å². The third-order valence-electron chi connectivity index (χ3n) is 3.68. The molecule has 19 heavy (non-hydrogen) atoms. The van der Waals surface area contributed by atoms with E-state index in [0.29, 0.717) is 12.8 Å². The maximum absolute atomic E-state index is 12.1. The summed E-state index contributed by atoms with van der Waals surface area (Å²) in [5, 5.41) is 10.3. The van der Waals surface area contributed by atoms with E-state index < -0.39 is 15.6 Å². The molecule has 0 radical (unpaired) electrons. The summed E-state index contributed by atoms with van der Waals surface area (Å²) in [5.74, 6) is 0. The van der Waals surface area contributed by atoms with E-state index in [2.05, 4.69) is 4.72 Å². The summed E-state index contributed by atoms with van der Waals surface area (Å²) in [6.45, 7) is 1.96. The van der Waals surface area contributed by atoms with E-state index in [1.165, 1.54) is 0 Å². The Morgan fingerprint density at radius 3 is 2.58 bits per heavy atom. The summed E-state index contributed by atoms with van der Waals surface area (Å²) in [6, 6.07) is 6.78. The fraction of sp³-hybridized carbons (Fsp3) is 0.571. The smallest absolute Gasteiger partial charge is 0.240 e. The van der Waals surface area contributed by atoms with Gasteiger partial charge in [0, 0.05) is 6.54 Å². The first-order chi connectivity index (χ1) is 8.91. The first kappa shape index (κ1) is 14.5. The Balaban J connectivity index is 2.05. The van der Waals surface area contributed by atoms with Gasteiger partial charge < -0.3 is 5.11 Å². The third kappa shape index (κ3) is 3.78. The normalized spacial score (nSPS) is 19.3. The molecule has 0 heterocycles. The first-order valence-corrected chi connectivity index (χ1v) is 8.18. The molecule has 0 unspecified atom stereocenters. The molecule has 0 aromatic heterocycles. The van der Waals surface area contributed by atoms with Crippen molar-refractivity contribution in [3.63, 3.8) is 0 Å². The van der Waals surface area contributed by atoms with E-state index in [9.17, 15) is 13.5 Å². The zero-order chi connectivity index (χ0) is 13.9. The highest BCUT2D eigenvalue weighted by Crippen LogP contribution is 2.27. The fourth-order valence-corrected chi connectivity index (χ4v) is 3.71. The average molecular weight is 283 g/mol. The molecule has 1 fully saturated rings. The lowest BCUT2D eigenvalue weighted by atomic mass is 9.85. The Hall–Kier alpha value is -0.910. The number of nitrogens with one attached hydrogen (secondary N) is 1. The summed E-state index contributed by atoms with van der Waals surface area (Å²) >= 11 is 0. The highest BCUT2D eigenvalue weighted by molar-refractivity contribution is 7.89. The van der Waals surface area contributed by atoms with Gasteiger partial charge in [0.05, 0.1) is 10.5 Å². The molecule has 0 bridgehead atoms. The maximum Gasteiger partial charge on any atom is 0.240 e. The molecule has 0 spiro atoms. The maximum atomic E-state index is 12.1. The van der Waals surface area contributed by atoms with Gasteiger partial charge >= 0.3 is 0 Å². The lowest BCUT2D eigenvalue weighted by Gasteiger charge is -2.32. The van der Waals surface area contributed by atoms with Crippen LogP contribution in [0.5, 0.6) is 0 Å². The largest absolute Gasteiger partial charge is 0.389 e. The van der Waals surface area contributed by atoms with Crippen molar-refractivity contribution < 1.29 is 13.5 Å². The van der Waals surface area contributed by atoms with Crippen LogP contribution in [-0.4, -0.2) is 25.7 Å². The van der Waals surface area contributed by atoms with E-state index >= 15 is 0 Å². The minimum Gasteiger partial charge on any atom is -0.389 e. The highest BCUT2D eigenvalue weighted by atomic mass is 32.2. The third-order valence-corrected chi connectivity index (χ3v) is 5.07. The number of benzene rings is 1. The lowest BCUT2D eigenvalue weighted by molar-refractivity contribution is 0.00945. The molecule has 0 atom stereocenters. The Morgan fingerprint density at radius 2 is 1.95 bits per heavy atom. The van der Waals surface area contributed by atoms with Crippen LogP contribution >= 0.6 is 0 Å². The summed E-state index contributed by atoms with van der Waals surface area (Å²) in [7, 11) is -3.53. The van der Waals surface area contributed by atoms with Gasteiger partial charge in [-0.1, -0.05) is 31.4 Å². The molecular formula is C14H21NO3S. The van der Waals surface area contributed by atoms with Crippen molar-refractivity contribution >= 4 is 10.0 Å². The van der Waals surface area contributed by atoms with Crippen molar-refractivity contribution in [3.05, 3.63) is 29.8 Å². The van der Waals surface area contributed by atoms with E-state index in [0.717, 1.165) is 24.8 Å². The molecule has 1 aliphatic rings. The van der Waals surface area contributed by atoms with Gasteiger partial charge in [-0.25, -0.2) is 13.1 Å². The second kappa shape index (κ2) is 5.61. The average Bonchev–Trinajstić information content (AvgIpc) is 2.38. The Bertz CT molecular complexity index is 533. The minimum absolute atomic E-state index is 0.100. The molecule has 5 heteroatoms. The van der Waals surface area contributed by atoms with Crippen LogP contribution in [0.2, 0.25) is 0 Å². The predicted molar refractivity (Wildman–Crippen MR) is 74.4 cm³/mol. The van der Waals surface area contributed by atoms with Gasteiger partial charge in [-0.3, -0.25) is 0 Å². The van der Waals surface area contributed by atoms with Gasteiger partial charge in [0.2, 0.25) is 10.0 Å². The van der Waals surface area contributed by atoms with Crippen LogP contribution in [0.25, 0.3) is 0 Å². The van der Waals surface area contributed by atoms with Crippen LogP contribution in [0.4, 0.5) is 0 Å². The van der Waals surface area contributed by atoms with E-state index in [1.807, 2.05) is 13.0 Å². The Morgan fingerprint density at radius 1 is 1.26 bits per heavy atom. The SMILES string of the molecule is Cc1cccc(S(=O)(=O)NCC2(O)CCCCC2)c1. The summed E-state index contributed by atoms with van der Waals surface area (Å²) in [6.07, 6.45) is 4.38. The van der Waals surface area contributed by atoms with Crippen LogP contribution in [0, 0.1) is 6.92 Å². The standard InChI is InChI=1S/C14H21NO3S/c1-12-6-5-7-13(10-12)19(17,18)15-11-14(16)8-3-2-4-9-14/h5-7,10,15-16H,2-4,8-9,11H2,1H3. The molecule has 106 valence electrons. The van der Waals surface area contributed by atoms with Crippen LogP contribution in [-0.2, 0) is 10.0 Å². The molecule has 2 N–H and O–H groups in total. The zero-order valence-electron chi connectivity index (χ0n) is 11.2. The van der Waals surface area contributed by atoms with E-state index in [1.54, 1.807) is 18.2 Å². The summed E-state index contributed by atoms with van der Waals surface area (Å²) in [4.78, 5) is 0.256. The van der Waals surface area contributed by atoms with E-state index in [-0.39, 0.29) is 11.4 Å². The molecule has 2 rings (SSSR count). The second-order valence-corrected chi connectivity index (χ2v) is 7.19. The number of rotatable bonds is 4. The minimum atomic E-state index is -3.53. The van der Waals surface area contributed by atoms with Crippen molar-refractivity contribution in [2.45, 2.75) is 49.5 Å². The van der Waals surface area contributed by atoms with Gasteiger partial charge in [-0.2, -0.15) is 0 Å². The van der Waals surface area contributed by atoms with Gasteiger partial charge in [-0.15, -0.1) is 0 Å². The molecule has 0 aliphatic heterocycles. The Kier molecular flexibility index (Phi) is 4.28. The molecule has 4 nitrogen and oxygen atoms in total. The van der Waals surface area contributed by atoms with Crippen LogP contribution in [0.15, 0.2) is 29.2 Å². The van der Waals surface area contributed by atoms with Crippen LogP contribution in [0.1, 0.15) is 37.7 Å². The lowest BCUT2D eigenvalue weighted by Crippen LogP contribution is -2.44. The number of aryl methyl sites for hydroxylation is 1. The monoisotopic (exact) mass is 283 g/mol. The van der Waals surface area contributed by atoms with Crippen molar-refractivity contribution in [2.75, 3.05) is 6.54 Å². The van der Waals surface area contributed by atoms with Crippen LogP contribution in [0.3, 0.4) is 0 Å². The number of aliphatic hydroxyl groups is 1. The molecule has 1 aromatic rings. The second-order valence-electron chi connectivity index (χ2n) is 5.43. The van der Waals surface area contributed by atoms with E-state index in [4.69, 9.17) is 0 Å². The topological polar surface area (TPSA) is 66.4 Å². The molecule has 0 amide bonds. The highest BCUT2D eigenvalue weighted by Gasteiger charge is 2.30. The van der Waals surface area contributed by atoms with Gasteiger partial charge in [0.1, 0.15) is 0 Å². The summed E-state index contributed by atoms with van der Waals surface area (Å²) in [5.41, 5.74) is 0.0223. The molecule has 0 saturated heterocycles. The molecule has 1 saturated carbocycles. The quantitative estimate of drug-likeness (QED) is 0.888. The first-order valence-electron chi connectivity index (χ1n) is 6.70. The van der Waals surface area contributed by atoms with Gasteiger partial charge in [0.15, 0.2) is 0 Å². The number of hydrogen-bond acceptors (Lipinski definition) is 3. The number of sulfonamides is 1. The van der Waals surface area contributed by atoms with Gasteiger partial charge in [0.25, 0.3) is 0 Å². The summed E-state index contributed by atoms with van der Waals surface area (Å²) < 4.78 is 26.8. The number of hydrogen-bond donors (Lipinski definition) is 2. The van der Waals surface area contributed by atoms with Crippen LogP contribution < -0.4 is 4.72 Å². The molecule has 1 aromatic carbocycles. The van der Waals surface area contributed by atoms with Crippen molar-refractivity contribution in [1.82, 2.24) is 4.72 Å². The molecular weight excluding hydrogens is 262 g/mol. The molecule has 1 aliphatic carbocycles. The van der Waals surface area contributed by atoms with Crippen molar-refractivity contribution in [1.29, 1.82) is 0 Å². The zero-order valence-corrected chi connectivity index (χ0v) is 12.0. The van der Waals surface area contributed by atoms with Gasteiger partial charge in [-0.05, 0) is 37.5 Å². The van der Waals surface area contributed by atoms with Crippen molar-refractivity contribution in [2.24, 2.45) is 0 Å². The predicted octanol–water partition coefficient (Wildman–Crippen LogP) is 1.97. The fourth-order valence-electron chi connectivity index (χ4n) is 2.48. The van der Waals surface area contributed by atoms with Crippen molar-refractivity contribution in [3.8, 4) is 0 Å².